The van der Waals surface area contributed by atoms with Crippen LogP contribution in [0.15, 0.2) is 18.2 Å². The standard InChI is InChI=1S/C14H6F5N3O/c1-5-2-3-7-6(4-5)20-21-22(7)14(23)8-9(15)11(17)13(19)12(18)10(8)16/h2-4H,1H3. The van der Waals surface area contributed by atoms with Gasteiger partial charge in [0, 0.05) is 0 Å². The Labute approximate surface area is 125 Å². The SMILES string of the molecule is Cc1ccc2c(c1)nnn2C(=O)c1c(F)c(F)c(F)c(F)c1F. The molecule has 0 radical (unpaired) electrons. The average molecular weight is 327 g/mol. The summed E-state index contributed by atoms with van der Waals surface area (Å²) in [6.07, 6.45) is 0. The Bertz CT molecular complexity index is 938. The first kappa shape index (κ1) is 15.1. The molecule has 1 heterocycles. The van der Waals surface area contributed by atoms with E-state index < -0.39 is 40.6 Å². The number of carbonyl (C=O) groups is 1. The van der Waals surface area contributed by atoms with Crippen LogP contribution in [0.1, 0.15) is 15.9 Å². The van der Waals surface area contributed by atoms with E-state index >= 15 is 0 Å². The quantitative estimate of drug-likeness (QED) is 0.392. The van der Waals surface area contributed by atoms with Crippen molar-refractivity contribution in [3.05, 3.63) is 58.4 Å². The van der Waals surface area contributed by atoms with Crippen molar-refractivity contribution >= 4 is 16.9 Å². The fourth-order valence-electron chi connectivity index (χ4n) is 2.08. The van der Waals surface area contributed by atoms with Crippen molar-refractivity contribution in [2.24, 2.45) is 0 Å². The smallest absolute Gasteiger partial charge is 0.266 e. The number of fused-ring (bicyclic) bond motifs is 1. The molecule has 0 N–H and O–H groups in total. The summed E-state index contributed by atoms with van der Waals surface area (Å²) in [6, 6.07) is 4.52. The molecule has 2 aromatic carbocycles. The van der Waals surface area contributed by atoms with E-state index in [4.69, 9.17) is 0 Å². The highest BCUT2D eigenvalue weighted by Gasteiger charge is 2.31. The zero-order chi connectivity index (χ0) is 16.9. The van der Waals surface area contributed by atoms with Crippen molar-refractivity contribution < 1.29 is 26.7 Å². The molecule has 3 aromatic rings. The summed E-state index contributed by atoms with van der Waals surface area (Å²) in [6.45, 7) is 1.74. The lowest BCUT2D eigenvalue weighted by Gasteiger charge is -2.07. The molecule has 0 aliphatic carbocycles. The second kappa shape index (κ2) is 5.11. The fourth-order valence-corrected chi connectivity index (χ4v) is 2.08. The number of carbonyl (C=O) groups excluding carboxylic acids is 1. The van der Waals surface area contributed by atoms with Gasteiger partial charge in [0.1, 0.15) is 11.1 Å². The molecule has 0 aliphatic rings. The molecule has 0 saturated heterocycles. The van der Waals surface area contributed by atoms with Gasteiger partial charge in [0.2, 0.25) is 5.82 Å². The third-order valence-corrected chi connectivity index (χ3v) is 3.22. The first-order chi connectivity index (χ1) is 10.8. The lowest BCUT2D eigenvalue weighted by atomic mass is 10.1. The zero-order valence-electron chi connectivity index (χ0n) is 11.4. The van der Waals surface area contributed by atoms with E-state index in [1.165, 1.54) is 6.07 Å². The van der Waals surface area contributed by atoms with E-state index in [1.807, 2.05) is 0 Å². The van der Waals surface area contributed by atoms with Gasteiger partial charge >= 0.3 is 0 Å². The van der Waals surface area contributed by atoms with Crippen molar-refractivity contribution in [1.29, 1.82) is 0 Å². The maximum Gasteiger partial charge on any atom is 0.286 e. The molecule has 0 fully saturated rings. The zero-order valence-corrected chi connectivity index (χ0v) is 11.4. The van der Waals surface area contributed by atoms with Crippen LogP contribution in [-0.4, -0.2) is 20.9 Å². The maximum absolute atomic E-state index is 13.7. The van der Waals surface area contributed by atoms with Crippen molar-refractivity contribution in [2.45, 2.75) is 6.92 Å². The van der Waals surface area contributed by atoms with Crippen molar-refractivity contribution in [2.75, 3.05) is 0 Å². The Morgan fingerprint density at radius 1 is 0.957 bits per heavy atom. The van der Waals surface area contributed by atoms with Crippen LogP contribution in [0.4, 0.5) is 22.0 Å². The predicted octanol–water partition coefficient (Wildman–Crippen LogP) is 3.12. The van der Waals surface area contributed by atoms with E-state index in [9.17, 15) is 26.7 Å². The molecule has 0 spiro atoms. The lowest BCUT2D eigenvalue weighted by Crippen LogP contribution is -2.20. The van der Waals surface area contributed by atoms with Crippen LogP contribution in [0, 0.1) is 36.0 Å². The predicted molar refractivity (Wildman–Crippen MR) is 68.2 cm³/mol. The Hall–Kier alpha value is -2.84. The van der Waals surface area contributed by atoms with Gasteiger partial charge in [-0.05, 0) is 24.6 Å². The van der Waals surface area contributed by atoms with Crippen molar-refractivity contribution in [1.82, 2.24) is 15.0 Å². The van der Waals surface area contributed by atoms with Crippen molar-refractivity contribution in [3.8, 4) is 0 Å². The van der Waals surface area contributed by atoms with Crippen LogP contribution in [-0.2, 0) is 0 Å². The Morgan fingerprint density at radius 2 is 1.52 bits per heavy atom. The average Bonchev–Trinajstić information content (AvgIpc) is 2.94. The summed E-state index contributed by atoms with van der Waals surface area (Å²) in [7, 11) is 0. The van der Waals surface area contributed by atoms with Gasteiger partial charge in [-0.25, -0.2) is 22.0 Å². The highest BCUT2D eigenvalue weighted by Crippen LogP contribution is 2.24. The summed E-state index contributed by atoms with van der Waals surface area (Å²) >= 11 is 0. The first-order valence-corrected chi connectivity index (χ1v) is 6.21. The van der Waals surface area contributed by atoms with Crippen LogP contribution >= 0.6 is 0 Å². The fraction of sp³-hybridized carbons (Fsp3) is 0.0714. The minimum absolute atomic E-state index is 0.0736. The number of nitrogens with zero attached hydrogens (tertiary/aromatic N) is 3. The van der Waals surface area contributed by atoms with Gasteiger partial charge in [0.05, 0.1) is 5.52 Å². The van der Waals surface area contributed by atoms with Crippen LogP contribution in [0.25, 0.3) is 11.0 Å². The third kappa shape index (κ3) is 2.16. The van der Waals surface area contributed by atoms with E-state index in [1.54, 1.807) is 19.1 Å². The highest BCUT2D eigenvalue weighted by atomic mass is 19.2. The molecular formula is C14H6F5N3O. The molecule has 0 unspecified atom stereocenters. The van der Waals surface area contributed by atoms with Crippen molar-refractivity contribution in [3.63, 3.8) is 0 Å². The maximum atomic E-state index is 13.7. The lowest BCUT2D eigenvalue weighted by molar-refractivity contribution is 0.0936. The minimum Gasteiger partial charge on any atom is -0.266 e. The summed E-state index contributed by atoms with van der Waals surface area (Å²) in [4.78, 5) is 12.2. The molecule has 9 heteroatoms. The molecule has 118 valence electrons. The van der Waals surface area contributed by atoms with Gasteiger partial charge in [-0.3, -0.25) is 4.79 Å². The largest absolute Gasteiger partial charge is 0.286 e. The van der Waals surface area contributed by atoms with E-state index in [0.717, 1.165) is 5.56 Å². The molecule has 0 bridgehead atoms. The second-order valence-electron chi connectivity index (χ2n) is 4.74. The van der Waals surface area contributed by atoms with Gasteiger partial charge in [-0.1, -0.05) is 11.3 Å². The summed E-state index contributed by atoms with van der Waals surface area (Å²) in [5.41, 5.74) is -0.492. The molecule has 3 rings (SSSR count). The first-order valence-electron chi connectivity index (χ1n) is 6.21. The number of hydrogen-bond donors (Lipinski definition) is 0. The van der Waals surface area contributed by atoms with Crippen LogP contribution < -0.4 is 0 Å². The minimum atomic E-state index is -2.34. The summed E-state index contributed by atoms with van der Waals surface area (Å²) in [5, 5.41) is 7.06. The highest BCUT2D eigenvalue weighted by molar-refractivity contribution is 6.00. The summed E-state index contributed by atoms with van der Waals surface area (Å²) in [5.74, 6) is -12.7. The van der Waals surface area contributed by atoms with Gasteiger partial charge in [0.15, 0.2) is 23.3 Å². The number of hydrogen-bond acceptors (Lipinski definition) is 3. The number of rotatable bonds is 1. The molecule has 4 nitrogen and oxygen atoms in total. The van der Waals surface area contributed by atoms with Crippen LogP contribution in [0.3, 0.4) is 0 Å². The Balaban J connectivity index is 2.25. The Kier molecular flexibility index (Phi) is 3.35. The second-order valence-corrected chi connectivity index (χ2v) is 4.74. The van der Waals surface area contributed by atoms with Gasteiger partial charge in [-0.15, -0.1) is 5.10 Å². The van der Waals surface area contributed by atoms with Crippen LogP contribution in [0.5, 0.6) is 0 Å². The van der Waals surface area contributed by atoms with Gasteiger partial charge in [0.25, 0.3) is 5.91 Å². The third-order valence-electron chi connectivity index (χ3n) is 3.22. The molecule has 0 atom stereocenters. The normalized spacial score (nSPS) is 11.2. The van der Waals surface area contributed by atoms with Gasteiger partial charge in [-0.2, -0.15) is 4.68 Å². The van der Waals surface area contributed by atoms with E-state index in [-0.39, 0.29) is 11.0 Å². The Morgan fingerprint density at radius 3 is 2.13 bits per heavy atom. The molecule has 0 aliphatic heterocycles. The molecule has 0 amide bonds. The number of benzene rings is 2. The number of aromatic nitrogens is 3. The molecule has 0 saturated carbocycles. The monoisotopic (exact) mass is 327 g/mol. The van der Waals surface area contributed by atoms with E-state index in [0.29, 0.717) is 4.68 Å². The molecular weight excluding hydrogens is 321 g/mol. The van der Waals surface area contributed by atoms with Gasteiger partial charge < -0.3 is 0 Å². The number of aryl methyl sites for hydroxylation is 1. The van der Waals surface area contributed by atoms with Crippen LogP contribution in [0.2, 0.25) is 0 Å². The topological polar surface area (TPSA) is 47.8 Å². The molecule has 23 heavy (non-hydrogen) atoms. The summed E-state index contributed by atoms with van der Waals surface area (Å²) < 4.78 is 67.3. The molecule has 1 aromatic heterocycles. The van der Waals surface area contributed by atoms with E-state index in [2.05, 4.69) is 10.3 Å². The number of halogens is 5.